The Kier molecular flexibility index (Phi) is 6.36. The van der Waals surface area contributed by atoms with Crippen LogP contribution < -0.4 is 15.4 Å². The van der Waals surface area contributed by atoms with Gasteiger partial charge in [-0.15, -0.1) is 0 Å². The molecule has 0 bridgehead atoms. The third kappa shape index (κ3) is 5.73. The lowest BCUT2D eigenvalue weighted by Crippen LogP contribution is -2.55. The van der Waals surface area contributed by atoms with E-state index >= 15 is 0 Å². The molecule has 2 N–H and O–H groups in total. The summed E-state index contributed by atoms with van der Waals surface area (Å²) in [4.78, 5) is 28.7. The quantitative estimate of drug-likeness (QED) is 0.742. The van der Waals surface area contributed by atoms with Crippen molar-refractivity contribution in [2.45, 2.75) is 31.8 Å². The number of ether oxygens (including phenoxy) is 1. The number of urea groups is 1. The molecule has 0 spiro atoms. The van der Waals surface area contributed by atoms with Gasteiger partial charge in [-0.1, -0.05) is 6.07 Å². The van der Waals surface area contributed by atoms with Crippen LogP contribution in [0.4, 0.5) is 14.9 Å². The zero-order chi connectivity index (χ0) is 21.8. The molecular formula is C23H27FN4O3. The molecule has 1 atom stereocenters. The normalized spacial score (nSPS) is 17.7. The minimum Gasteiger partial charge on any atom is -0.457 e. The van der Waals surface area contributed by atoms with E-state index in [9.17, 15) is 14.0 Å². The smallest absolute Gasteiger partial charge is 0.321 e. The molecule has 31 heavy (non-hydrogen) atoms. The van der Waals surface area contributed by atoms with E-state index in [0.717, 1.165) is 12.8 Å². The maximum Gasteiger partial charge on any atom is 0.321 e. The summed E-state index contributed by atoms with van der Waals surface area (Å²) in [5, 5.41) is 5.92. The fraction of sp³-hybridized carbons (Fsp3) is 0.391. The first kappa shape index (κ1) is 21.1. The zero-order valence-electron chi connectivity index (χ0n) is 17.5. The lowest BCUT2D eigenvalue weighted by molar-refractivity contribution is -0.126. The van der Waals surface area contributed by atoms with Crippen molar-refractivity contribution in [1.82, 2.24) is 15.1 Å². The summed E-state index contributed by atoms with van der Waals surface area (Å²) in [7, 11) is 0. The van der Waals surface area contributed by atoms with Crippen LogP contribution in [-0.2, 0) is 4.79 Å². The van der Waals surface area contributed by atoms with Crippen molar-refractivity contribution in [2.24, 2.45) is 0 Å². The van der Waals surface area contributed by atoms with Crippen molar-refractivity contribution in [1.29, 1.82) is 0 Å². The van der Waals surface area contributed by atoms with Crippen molar-refractivity contribution >= 4 is 17.6 Å². The molecule has 164 valence electrons. The number of nitrogens with zero attached hydrogens (tertiary/aromatic N) is 2. The molecule has 1 saturated heterocycles. The van der Waals surface area contributed by atoms with Crippen molar-refractivity contribution in [2.75, 3.05) is 31.5 Å². The van der Waals surface area contributed by atoms with Gasteiger partial charge in [-0.25, -0.2) is 9.18 Å². The Bertz CT molecular complexity index is 925. The number of anilines is 1. The highest BCUT2D eigenvalue weighted by atomic mass is 19.1. The van der Waals surface area contributed by atoms with Crippen LogP contribution in [0.2, 0.25) is 0 Å². The van der Waals surface area contributed by atoms with E-state index in [1.54, 1.807) is 41.3 Å². The Labute approximate surface area is 181 Å². The average molecular weight is 426 g/mol. The largest absolute Gasteiger partial charge is 0.457 e. The molecule has 1 aliphatic carbocycles. The SMILES string of the molecule is CC(C(=O)NC1CC1)N1CCN(C(=O)Nc2ccc(Oc3cccc(F)c3)cc2)CC1. The lowest BCUT2D eigenvalue weighted by Gasteiger charge is -2.37. The van der Waals surface area contributed by atoms with E-state index in [1.807, 2.05) is 6.92 Å². The summed E-state index contributed by atoms with van der Waals surface area (Å²) >= 11 is 0. The molecule has 1 heterocycles. The molecule has 8 heteroatoms. The number of hydrogen-bond donors (Lipinski definition) is 2. The number of nitrogens with one attached hydrogen (secondary N) is 2. The standard InChI is InChI=1S/C23H27FN4O3/c1-16(22(29)25-18-5-6-18)27-11-13-28(14-12-27)23(30)26-19-7-9-20(10-8-19)31-21-4-2-3-17(24)15-21/h2-4,7-10,15-16,18H,5-6,11-14H2,1H3,(H,25,29)(H,26,30). The van der Waals surface area contributed by atoms with Crippen LogP contribution in [0.3, 0.4) is 0 Å². The van der Waals surface area contributed by atoms with Gasteiger partial charge in [0.25, 0.3) is 0 Å². The summed E-state index contributed by atoms with van der Waals surface area (Å²) in [6.07, 6.45) is 2.15. The second-order valence-corrected chi connectivity index (χ2v) is 8.00. The van der Waals surface area contributed by atoms with Gasteiger partial charge in [-0.3, -0.25) is 9.69 Å². The lowest BCUT2D eigenvalue weighted by atomic mass is 10.2. The van der Waals surface area contributed by atoms with Crippen LogP contribution in [0, 0.1) is 5.82 Å². The number of carbonyl (C=O) groups is 2. The molecule has 0 aromatic heterocycles. The highest BCUT2D eigenvalue weighted by Gasteiger charge is 2.30. The van der Waals surface area contributed by atoms with Crippen LogP contribution in [-0.4, -0.2) is 60.0 Å². The molecule has 2 aliphatic rings. The number of rotatable bonds is 6. The fourth-order valence-electron chi connectivity index (χ4n) is 3.50. The molecule has 2 aromatic rings. The fourth-order valence-corrected chi connectivity index (χ4v) is 3.50. The van der Waals surface area contributed by atoms with E-state index < -0.39 is 0 Å². The second kappa shape index (κ2) is 9.34. The topological polar surface area (TPSA) is 73.9 Å². The third-order valence-corrected chi connectivity index (χ3v) is 5.59. The summed E-state index contributed by atoms with van der Waals surface area (Å²) in [5.41, 5.74) is 0.649. The van der Waals surface area contributed by atoms with E-state index in [0.29, 0.717) is 49.4 Å². The third-order valence-electron chi connectivity index (χ3n) is 5.59. The zero-order valence-corrected chi connectivity index (χ0v) is 17.5. The highest BCUT2D eigenvalue weighted by molar-refractivity contribution is 5.89. The van der Waals surface area contributed by atoms with Crippen molar-refractivity contribution < 1.29 is 18.7 Å². The van der Waals surface area contributed by atoms with Gasteiger partial charge in [-0.2, -0.15) is 0 Å². The van der Waals surface area contributed by atoms with Crippen molar-refractivity contribution in [3.8, 4) is 11.5 Å². The Morgan fingerprint density at radius 2 is 1.74 bits per heavy atom. The monoisotopic (exact) mass is 426 g/mol. The molecule has 4 rings (SSSR count). The first-order valence-corrected chi connectivity index (χ1v) is 10.6. The number of amides is 3. The first-order valence-electron chi connectivity index (χ1n) is 10.6. The van der Waals surface area contributed by atoms with Crippen molar-refractivity contribution in [3.05, 3.63) is 54.3 Å². The maximum absolute atomic E-state index is 13.3. The molecule has 0 radical (unpaired) electrons. The summed E-state index contributed by atoms with van der Waals surface area (Å²) in [6.45, 7) is 4.36. The van der Waals surface area contributed by atoms with E-state index in [-0.39, 0.29) is 23.8 Å². The number of benzene rings is 2. The predicted octanol–water partition coefficient (Wildman–Crippen LogP) is 3.43. The van der Waals surface area contributed by atoms with Gasteiger partial charge in [0.15, 0.2) is 0 Å². The van der Waals surface area contributed by atoms with Gasteiger partial charge in [0.1, 0.15) is 17.3 Å². The van der Waals surface area contributed by atoms with Crippen LogP contribution >= 0.6 is 0 Å². The molecule has 3 amide bonds. The van der Waals surface area contributed by atoms with Gasteiger partial charge in [0.05, 0.1) is 6.04 Å². The number of halogens is 1. The number of hydrogen-bond acceptors (Lipinski definition) is 4. The average Bonchev–Trinajstić information content (AvgIpc) is 3.59. The molecule has 1 unspecified atom stereocenters. The van der Waals surface area contributed by atoms with Gasteiger partial charge in [-0.05, 0) is 56.2 Å². The molecule has 2 fully saturated rings. The molecular weight excluding hydrogens is 399 g/mol. The highest BCUT2D eigenvalue weighted by Crippen LogP contribution is 2.24. The van der Waals surface area contributed by atoms with Crippen LogP contribution in [0.25, 0.3) is 0 Å². The Morgan fingerprint density at radius 1 is 1.03 bits per heavy atom. The van der Waals surface area contributed by atoms with Crippen molar-refractivity contribution in [3.63, 3.8) is 0 Å². The minimum atomic E-state index is -0.362. The molecule has 1 saturated carbocycles. The molecule has 7 nitrogen and oxygen atoms in total. The Morgan fingerprint density at radius 3 is 2.39 bits per heavy atom. The van der Waals surface area contributed by atoms with Crippen LogP contribution in [0.1, 0.15) is 19.8 Å². The number of piperazine rings is 1. The van der Waals surface area contributed by atoms with E-state index in [2.05, 4.69) is 15.5 Å². The summed E-state index contributed by atoms with van der Waals surface area (Å²) in [6, 6.07) is 12.9. The van der Waals surface area contributed by atoms with Crippen LogP contribution in [0.15, 0.2) is 48.5 Å². The predicted molar refractivity (Wildman–Crippen MR) is 116 cm³/mol. The minimum absolute atomic E-state index is 0.0703. The van der Waals surface area contributed by atoms with Gasteiger partial charge in [0.2, 0.25) is 5.91 Å². The van der Waals surface area contributed by atoms with E-state index in [1.165, 1.54) is 12.1 Å². The summed E-state index contributed by atoms with van der Waals surface area (Å²) in [5.74, 6) is 0.672. The first-order chi connectivity index (χ1) is 15.0. The van der Waals surface area contributed by atoms with E-state index in [4.69, 9.17) is 4.74 Å². The van der Waals surface area contributed by atoms with Crippen LogP contribution in [0.5, 0.6) is 11.5 Å². The summed E-state index contributed by atoms with van der Waals surface area (Å²) < 4.78 is 18.9. The Hall–Kier alpha value is -3.13. The van der Waals surface area contributed by atoms with Gasteiger partial charge < -0.3 is 20.3 Å². The molecule has 1 aliphatic heterocycles. The molecule has 2 aromatic carbocycles. The Balaban J connectivity index is 1.24. The van der Waals surface area contributed by atoms with Gasteiger partial charge >= 0.3 is 6.03 Å². The van der Waals surface area contributed by atoms with Gasteiger partial charge in [0, 0.05) is 44.0 Å². The second-order valence-electron chi connectivity index (χ2n) is 8.00. The maximum atomic E-state index is 13.3. The number of carbonyl (C=O) groups excluding carboxylic acids is 2.